The number of hydrogen-bond acceptors (Lipinski definition) is 4. The lowest BCUT2D eigenvalue weighted by molar-refractivity contribution is 0.0940. The molecule has 1 heterocycles. The van der Waals surface area contributed by atoms with Gasteiger partial charge >= 0.3 is 0 Å². The summed E-state index contributed by atoms with van der Waals surface area (Å²) in [4.78, 5) is 13.4. The standard InChI is InChI=1S/C26H25FN4O3S/c1-17-6-4-8-20(14-17)25-24(16-31(29-25)23-12-10-21(27)11-13-23)26(32)28-18(2)19-7-5-9-22(15-19)30-35(3,33)34/h4-16,18,30H,1-3H3,(H,28,32). The number of aryl methyl sites for hydroxylation is 1. The van der Waals surface area contributed by atoms with Gasteiger partial charge in [0.1, 0.15) is 11.5 Å². The largest absolute Gasteiger partial charge is 0.345 e. The Morgan fingerprint density at radius 3 is 2.43 bits per heavy atom. The molecule has 9 heteroatoms. The number of amides is 1. The lowest BCUT2D eigenvalue weighted by atomic mass is 10.0. The lowest BCUT2D eigenvalue weighted by Crippen LogP contribution is -2.27. The summed E-state index contributed by atoms with van der Waals surface area (Å²) in [5.74, 6) is -0.706. The topological polar surface area (TPSA) is 93.1 Å². The molecule has 0 saturated carbocycles. The average molecular weight is 493 g/mol. The van der Waals surface area contributed by atoms with Crippen molar-refractivity contribution in [3.8, 4) is 16.9 Å². The van der Waals surface area contributed by atoms with Crippen molar-refractivity contribution in [2.45, 2.75) is 19.9 Å². The first-order valence-electron chi connectivity index (χ1n) is 10.9. The molecule has 4 rings (SSSR count). The molecule has 1 aromatic heterocycles. The van der Waals surface area contributed by atoms with Crippen LogP contribution >= 0.6 is 0 Å². The van der Waals surface area contributed by atoms with Crippen LogP contribution in [0.2, 0.25) is 0 Å². The van der Waals surface area contributed by atoms with E-state index in [4.69, 9.17) is 0 Å². The van der Waals surface area contributed by atoms with Crippen LogP contribution in [0.25, 0.3) is 16.9 Å². The van der Waals surface area contributed by atoms with Crippen LogP contribution < -0.4 is 10.0 Å². The molecular formula is C26H25FN4O3S. The molecule has 3 aromatic carbocycles. The maximum absolute atomic E-state index is 13.4. The summed E-state index contributed by atoms with van der Waals surface area (Å²) in [5.41, 5.74) is 4.42. The number of halogens is 1. The second-order valence-electron chi connectivity index (χ2n) is 8.38. The zero-order chi connectivity index (χ0) is 25.2. The van der Waals surface area contributed by atoms with Gasteiger partial charge in [-0.15, -0.1) is 0 Å². The van der Waals surface area contributed by atoms with Crippen LogP contribution in [0, 0.1) is 12.7 Å². The molecule has 0 aliphatic heterocycles. The molecular weight excluding hydrogens is 467 g/mol. The smallest absolute Gasteiger partial charge is 0.255 e. The van der Waals surface area contributed by atoms with Gasteiger partial charge in [-0.2, -0.15) is 5.10 Å². The molecule has 7 nitrogen and oxygen atoms in total. The Kier molecular flexibility index (Phi) is 6.70. The van der Waals surface area contributed by atoms with Gasteiger partial charge in [-0.25, -0.2) is 17.5 Å². The van der Waals surface area contributed by atoms with E-state index in [0.29, 0.717) is 22.6 Å². The second kappa shape index (κ2) is 9.71. The van der Waals surface area contributed by atoms with E-state index < -0.39 is 16.1 Å². The maximum Gasteiger partial charge on any atom is 0.255 e. The highest BCUT2D eigenvalue weighted by Gasteiger charge is 2.21. The zero-order valence-electron chi connectivity index (χ0n) is 19.5. The normalized spacial score (nSPS) is 12.2. The van der Waals surface area contributed by atoms with E-state index in [1.165, 1.54) is 12.1 Å². The number of aromatic nitrogens is 2. The van der Waals surface area contributed by atoms with Crippen molar-refractivity contribution in [3.05, 3.63) is 102 Å². The molecule has 0 saturated heterocycles. The molecule has 0 bridgehead atoms. The van der Waals surface area contributed by atoms with Crippen molar-refractivity contribution >= 4 is 21.6 Å². The summed E-state index contributed by atoms with van der Waals surface area (Å²) < 4.78 is 40.5. The fraction of sp³-hybridized carbons (Fsp3) is 0.154. The molecule has 0 aliphatic rings. The number of rotatable bonds is 7. The van der Waals surface area contributed by atoms with Gasteiger partial charge in [0.25, 0.3) is 5.91 Å². The molecule has 2 N–H and O–H groups in total. The Labute approximate surface area is 203 Å². The predicted molar refractivity (Wildman–Crippen MR) is 134 cm³/mol. The van der Waals surface area contributed by atoms with E-state index >= 15 is 0 Å². The number of carbonyl (C=O) groups is 1. The second-order valence-corrected chi connectivity index (χ2v) is 10.1. The van der Waals surface area contributed by atoms with Crippen LogP contribution in [0.5, 0.6) is 0 Å². The quantitative estimate of drug-likeness (QED) is 0.386. The molecule has 0 fully saturated rings. The zero-order valence-corrected chi connectivity index (χ0v) is 20.3. The van der Waals surface area contributed by atoms with Gasteiger partial charge in [0.15, 0.2) is 0 Å². The summed E-state index contributed by atoms with van der Waals surface area (Å²) in [7, 11) is -3.42. The maximum atomic E-state index is 13.4. The first kappa shape index (κ1) is 24.2. The van der Waals surface area contributed by atoms with Crippen LogP contribution in [0.4, 0.5) is 10.1 Å². The van der Waals surface area contributed by atoms with Crippen LogP contribution in [0.1, 0.15) is 34.5 Å². The minimum atomic E-state index is -3.42. The third kappa shape index (κ3) is 5.93. The minimum Gasteiger partial charge on any atom is -0.345 e. The number of nitrogens with one attached hydrogen (secondary N) is 2. The number of benzene rings is 3. The molecule has 0 aliphatic carbocycles. The van der Waals surface area contributed by atoms with Crippen molar-refractivity contribution < 1.29 is 17.6 Å². The van der Waals surface area contributed by atoms with Gasteiger partial charge in [0.05, 0.1) is 23.5 Å². The van der Waals surface area contributed by atoms with Crippen LogP contribution in [0.3, 0.4) is 0 Å². The van der Waals surface area contributed by atoms with Gasteiger partial charge < -0.3 is 5.32 Å². The van der Waals surface area contributed by atoms with Crippen LogP contribution in [-0.2, 0) is 10.0 Å². The van der Waals surface area contributed by atoms with E-state index in [1.807, 2.05) is 44.2 Å². The van der Waals surface area contributed by atoms with Gasteiger partial charge in [-0.3, -0.25) is 9.52 Å². The molecule has 180 valence electrons. The highest BCUT2D eigenvalue weighted by Crippen LogP contribution is 2.26. The Morgan fingerprint density at radius 1 is 1.03 bits per heavy atom. The lowest BCUT2D eigenvalue weighted by Gasteiger charge is -2.16. The molecule has 1 unspecified atom stereocenters. The molecule has 4 aromatic rings. The molecule has 1 amide bonds. The SMILES string of the molecule is Cc1cccc(-c2nn(-c3ccc(F)cc3)cc2C(=O)NC(C)c2cccc(NS(C)(=O)=O)c2)c1. The summed E-state index contributed by atoms with van der Waals surface area (Å²) in [6.07, 6.45) is 2.70. The van der Waals surface area contributed by atoms with E-state index in [-0.39, 0.29) is 11.7 Å². The average Bonchev–Trinajstić information content (AvgIpc) is 3.24. The van der Waals surface area contributed by atoms with Crippen molar-refractivity contribution in [2.75, 3.05) is 11.0 Å². The van der Waals surface area contributed by atoms with E-state index in [2.05, 4.69) is 15.1 Å². The fourth-order valence-corrected chi connectivity index (χ4v) is 4.27. The summed E-state index contributed by atoms with van der Waals surface area (Å²) >= 11 is 0. The van der Waals surface area contributed by atoms with Crippen molar-refractivity contribution in [1.29, 1.82) is 0 Å². The van der Waals surface area contributed by atoms with Crippen molar-refractivity contribution in [2.24, 2.45) is 0 Å². The van der Waals surface area contributed by atoms with E-state index in [0.717, 1.165) is 22.9 Å². The number of anilines is 1. The Hall–Kier alpha value is -3.98. The number of hydrogen-bond donors (Lipinski definition) is 2. The van der Waals surface area contributed by atoms with E-state index in [1.54, 1.807) is 41.2 Å². The highest BCUT2D eigenvalue weighted by molar-refractivity contribution is 7.92. The number of nitrogens with zero attached hydrogens (tertiary/aromatic N) is 2. The summed E-state index contributed by atoms with van der Waals surface area (Å²) in [6, 6.07) is 20.0. The summed E-state index contributed by atoms with van der Waals surface area (Å²) in [5, 5.41) is 7.61. The molecule has 35 heavy (non-hydrogen) atoms. The number of sulfonamides is 1. The van der Waals surface area contributed by atoms with Gasteiger partial charge in [0.2, 0.25) is 10.0 Å². The fourth-order valence-electron chi connectivity index (χ4n) is 3.72. The Bertz CT molecular complexity index is 1480. The molecule has 1 atom stereocenters. The van der Waals surface area contributed by atoms with Crippen LogP contribution in [0.15, 0.2) is 79.0 Å². The molecule has 0 radical (unpaired) electrons. The third-order valence-corrected chi connectivity index (χ3v) is 5.99. The van der Waals surface area contributed by atoms with Gasteiger partial charge in [-0.05, 0) is 61.9 Å². The summed E-state index contributed by atoms with van der Waals surface area (Å²) in [6.45, 7) is 3.77. The van der Waals surface area contributed by atoms with Gasteiger partial charge in [-0.1, -0.05) is 35.9 Å². The Morgan fingerprint density at radius 2 is 1.74 bits per heavy atom. The highest BCUT2D eigenvalue weighted by atomic mass is 32.2. The Balaban J connectivity index is 1.67. The first-order chi connectivity index (χ1) is 16.6. The number of carbonyl (C=O) groups excluding carboxylic acids is 1. The van der Waals surface area contributed by atoms with Crippen molar-refractivity contribution in [1.82, 2.24) is 15.1 Å². The van der Waals surface area contributed by atoms with Crippen LogP contribution in [-0.4, -0.2) is 30.4 Å². The monoisotopic (exact) mass is 492 g/mol. The van der Waals surface area contributed by atoms with Crippen molar-refractivity contribution in [3.63, 3.8) is 0 Å². The minimum absolute atomic E-state index is 0.344. The first-order valence-corrected chi connectivity index (χ1v) is 12.8. The van der Waals surface area contributed by atoms with E-state index in [9.17, 15) is 17.6 Å². The predicted octanol–water partition coefficient (Wildman–Crippen LogP) is 4.85. The van der Waals surface area contributed by atoms with Gasteiger partial charge in [0, 0.05) is 17.4 Å². The molecule has 0 spiro atoms. The third-order valence-electron chi connectivity index (χ3n) is 5.38.